The van der Waals surface area contributed by atoms with Gasteiger partial charge in [-0.05, 0) is 5.53 Å². The fourth-order valence-electron chi connectivity index (χ4n) is 1.41. The summed E-state index contributed by atoms with van der Waals surface area (Å²) in [6, 6.07) is -1.44. The smallest absolute Gasteiger partial charge is 0.390 e. The summed E-state index contributed by atoms with van der Waals surface area (Å²) >= 11 is 0. The van der Waals surface area contributed by atoms with E-state index in [1.807, 2.05) is 0 Å². The molecule has 104 valence electrons. The van der Waals surface area contributed by atoms with Gasteiger partial charge in [-0.25, -0.2) is 4.18 Å². The average molecular weight is 285 g/mol. The van der Waals surface area contributed by atoms with Crippen molar-refractivity contribution in [1.29, 1.82) is 0 Å². The van der Waals surface area contributed by atoms with Gasteiger partial charge in [0.2, 0.25) is 0 Å². The number of azide groups is 1. The number of aliphatic hydroxyl groups excluding tert-OH is 3. The molecule has 0 aromatic heterocycles. The zero-order valence-corrected chi connectivity index (χ0v) is 9.58. The molecule has 3 unspecified atom stereocenters. The van der Waals surface area contributed by atoms with Gasteiger partial charge in [-0.15, -0.1) is 0 Å². The fraction of sp³-hybridized carbons (Fsp3) is 1.00. The van der Waals surface area contributed by atoms with Crippen LogP contribution in [0.3, 0.4) is 0 Å². The van der Waals surface area contributed by atoms with Crippen molar-refractivity contribution in [2.75, 3.05) is 6.61 Å². The van der Waals surface area contributed by atoms with Crippen LogP contribution in [0.5, 0.6) is 0 Å². The Hall–Kier alpha value is -0.980. The molecule has 1 fully saturated rings. The van der Waals surface area contributed by atoms with Gasteiger partial charge in [-0.3, -0.25) is 4.55 Å². The third-order valence-electron chi connectivity index (χ3n) is 2.25. The summed E-state index contributed by atoms with van der Waals surface area (Å²) in [4.78, 5) is 2.35. The molecule has 1 rings (SSSR count). The predicted octanol–water partition coefficient (Wildman–Crippen LogP) is -2.08. The molecule has 12 heteroatoms. The maximum Gasteiger partial charge on any atom is 0.397 e. The van der Waals surface area contributed by atoms with Crippen molar-refractivity contribution >= 4 is 10.4 Å². The molecule has 18 heavy (non-hydrogen) atoms. The lowest BCUT2D eigenvalue weighted by molar-refractivity contribution is -0.247. The Morgan fingerprint density at radius 2 is 1.94 bits per heavy atom. The molecule has 1 saturated heterocycles. The molecule has 5 atom stereocenters. The van der Waals surface area contributed by atoms with E-state index in [4.69, 9.17) is 14.8 Å². The number of hydrogen-bond donors (Lipinski definition) is 4. The van der Waals surface area contributed by atoms with Crippen molar-refractivity contribution in [3.8, 4) is 0 Å². The van der Waals surface area contributed by atoms with E-state index in [9.17, 15) is 23.7 Å². The second-order valence-corrected chi connectivity index (χ2v) is 4.55. The highest BCUT2D eigenvalue weighted by Gasteiger charge is 2.43. The number of ether oxygens (including phenoxy) is 1. The quantitative estimate of drug-likeness (QED) is 0.196. The van der Waals surface area contributed by atoms with Gasteiger partial charge in [0.05, 0.1) is 12.7 Å². The van der Waals surface area contributed by atoms with Gasteiger partial charge < -0.3 is 20.1 Å². The van der Waals surface area contributed by atoms with E-state index >= 15 is 0 Å². The molecule has 11 nitrogen and oxygen atoms in total. The third-order valence-corrected chi connectivity index (χ3v) is 2.69. The number of nitrogens with zero attached hydrogens (tertiary/aromatic N) is 3. The molecular weight excluding hydrogens is 274 g/mol. The van der Waals surface area contributed by atoms with Crippen LogP contribution in [0.1, 0.15) is 0 Å². The van der Waals surface area contributed by atoms with Gasteiger partial charge in [-0.2, -0.15) is 8.42 Å². The second-order valence-electron chi connectivity index (χ2n) is 3.45. The molecule has 1 heterocycles. The minimum atomic E-state index is -4.74. The van der Waals surface area contributed by atoms with E-state index in [1.165, 1.54) is 0 Å². The second kappa shape index (κ2) is 5.77. The zero-order valence-electron chi connectivity index (χ0n) is 8.77. The molecular formula is C6H11N3O8S. The van der Waals surface area contributed by atoms with Crippen LogP contribution >= 0.6 is 0 Å². The van der Waals surface area contributed by atoms with E-state index in [1.54, 1.807) is 0 Å². The van der Waals surface area contributed by atoms with E-state index in [2.05, 4.69) is 14.2 Å². The minimum Gasteiger partial charge on any atom is -0.390 e. The first-order valence-corrected chi connectivity index (χ1v) is 5.98. The molecule has 0 aromatic carbocycles. The van der Waals surface area contributed by atoms with Gasteiger partial charge in [0.25, 0.3) is 0 Å². The van der Waals surface area contributed by atoms with Crippen LogP contribution in [0, 0.1) is 0 Å². The summed E-state index contributed by atoms with van der Waals surface area (Å²) in [5.74, 6) is 0. The molecule has 0 aromatic rings. The van der Waals surface area contributed by atoms with Gasteiger partial charge in [0.1, 0.15) is 18.2 Å². The number of hydrogen-bond acceptors (Lipinski definition) is 8. The number of rotatable bonds is 4. The van der Waals surface area contributed by atoms with Crippen LogP contribution in [-0.2, 0) is 19.3 Å². The maximum atomic E-state index is 10.3. The molecule has 1 aliphatic heterocycles. The van der Waals surface area contributed by atoms with Crippen molar-refractivity contribution in [2.24, 2.45) is 5.11 Å². The summed E-state index contributed by atoms with van der Waals surface area (Å²) < 4.78 is 37.6. The Morgan fingerprint density at radius 1 is 1.33 bits per heavy atom. The van der Waals surface area contributed by atoms with E-state index in [-0.39, 0.29) is 0 Å². The van der Waals surface area contributed by atoms with Gasteiger partial charge in [0, 0.05) is 4.91 Å². The van der Waals surface area contributed by atoms with Crippen molar-refractivity contribution in [3.63, 3.8) is 0 Å². The van der Waals surface area contributed by atoms with Gasteiger partial charge >= 0.3 is 10.4 Å². The maximum absolute atomic E-state index is 10.3. The first-order valence-electron chi connectivity index (χ1n) is 4.62. The lowest BCUT2D eigenvalue weighted by atomic mass is 9.98. The standard InChI is InChI=1S/C6H11N3O8S/c7-9-8-3-5(11)4(10)2(17-6(3)12)1-16-18(13,14)15/h2-6,10-12H,1H2,(H,13,14,15)/t2?,3?,4-,5-,6?/m1/s1. The molecule has 0 aliphatic carbocycles. The first kappa shape index (κ1) is 15.1. The van der Waals surface area contributed by atoms with Crippen LogP contribution in [0.4, 0.5) is 0 Å². The highest BCUT2D eigenvalue weighted by Crippen LogP contribution is 2.22. The zero-order chi connectivity index (χ0) is 13.9. The molecule has 1 aliphatic rings. The largest absolute Gasteiger partial charge is 0.397 e. The normalized spacial score (nSPS) is 37.0. The Morgan fingerprint density at radius 3 is 2.44 bits per heavy atom. The topological polar surface area (TPSA) is 182 Å². The summed E-state index contributed by atoms with van der Waals surface area (Å²) in [6.45, 7) is -0.822. The Balaban J connectivity index is 2.72. The summed E-state index contributed by atoms with van der Waals surface area (Å²) in [7, 11) is -4.74. The molecule has 0 spiro atoms. The lowest BCUT2D eigenvalue weighted by Gasteiger charge is -2.38. The average Bonchev–Trinajstić information content (AvgIpc) is 2.26. The molecule has 0 bridgehead atoms. The van der Waals surface area contributed by atoms with Crippen molar-refractivity contribution in [3.05, 3.63) is 10.4 Å². The van der Waals surface area contributed by atoms with E-state index in [0.717, 1.165) is 0 Å². The van der Waals surface area contributed by atoms with Crippen molar-refractivity contribution in [1.82, 2.24) is 0 Å². The van der Waals surface area contributed by atoms with Gasteiger partial charge in [0.15, 0.2) is 6.29 Å². The SMILES string of the molecule is [N-]=[N+]=NC1C(O)OC(COS(=O)(=O)O)[C@@H](O)[C@@H]1O. The van der Waals surface area contributed by atoms with Crippen LogP contribution in [-0.4, -0.2) is 65.5 Å². The Labute approximate surface area is 101 Å². The Bertz CT molecular complexity index is 434. The fourth-order valence-corrected chi connectivity index (χ4v) is 1.71. The van der Waals surface area contributed by atoms with Crippen molar-refractivity contribution in [2.45, 2.75) is 30.6 Å². The molecule has 0 saturated carbocycles. The highest BCUT2D eigenvalue weighted by molar-refractivity contribution is 7.80. The first-order chi connectivity index (χ1) is 8.26. The van der Waals surface area contributed by atoms with Crippen LogP contribution < -0.4 is 0 Å². The number of aliphatic hydroxyl groups is 3. The van der Waals surface area contributed by atoms with Gasteiger partial charge in [-0.1, -0.05) is 5.11 Å². The summed E-state index contributed by atoms with van der Waals surface area (Å²) in [5.41, 5.74) is 8.18. The molecule has 0 amide bonds. The lowest BCUT2D eigenvalue weighted by Crippen LogP contribution is -2.58. The van der Waals surface area contributed by atoms with Crippen molar-refractivity contribution < 1.29 is 37.2 Å². The van der Waals surface area contributed by atoms with E-state index < -0.39 is 47.6 Å². The van der Waals surface area contributed by atoms with E-state index in [0.29, 0.717) is 0 Å². The highest BCUT2D eigenvalue weighted by atomic mass is 32.3. The molecule has 4 N–H and O–H groups in total. The minimum absolute atomic E-state index is 0.822. The summed E-state index contributed by atoms with van der Waals surface area (Å²) in [6.07, 6.45) is -6.48. The van der Waals surface area contributed by atoms with Crippen LogP contribution in [0.2, 0.25) is 0 Å². The molecule has 0 radical (unpaired) electrons. The van der Waals surface area contributed by atoms with Crippen LogP contribution in [0.25, 0.3) is 10.4 Å². The monoisotopic (exact) mass is 285 g/mol. The third kappa shape index (κ3) is 3.76. The summed E-state index contributed by atoms with van der Waals surface area (Å²) in [5, 5.41) is 31.4. The predicted molar refractivity (Wildman–Crippen MR) is 53.3 cm³/mol. The Kier molecular flexibility index (Phi) is 4.84. The van der Waals surface area contributed by atoms with Crippen LogP contribution in [0.15, 0.2) is 5.11 Å².